The number of anilines is 1. The molecule has 2 aromatic rings. The van der Waals surface area contributed by atoms with Crippen LogP contribution in [0.15, 0.2) is 35.5 Å². The summed E-state index contributed by atoms with van der Waals surface area (Å²) in [7, 11) is 1.65. The highest BCUT2D eigenvalue weighted by Crippen LogP contribution is 2.25. The van der Waals surface area contributed by atoms with Crippen molar-refractivity contribution in [3.63, 3.8) is 0 Å². The number of rotatable bonds is 10. The lowest BCUT2D eigenvalue weighted by molar-refractivity contribution is 0.310. The zero-order chi connectivity index (χ0) is 18.8. The molecule has 1 heterocycles. The van der Waals surface area contributed by atoms with Crippen LogP contribution < -0.4 is 15.2 Å². The van der Waals surface area contributed by atoms with E-state index in [-0.39, 0.29) is 12.6 Å². The molecule has 7 heteroatoms. The van der Waals surface area contributed by atoms with Crippen LogP contribution in [0.2, 0.25) is 0 Å². The SMILES string of the molecule is CCCC(CO)=Nc1nc(N)ncc1OCCCc1ccc(OC)cc1. The monoisotopic (exact) mass is 358 g/mol. The van der Waals surface area contributed by atoms with E-state index in [9.17, 15) is 5.11 Å². The summed E-state index contributed by atoms with van der Waals surface area (Å²) in [5.74, 6) is 1.80. The minimum Gasteiger partial charge on any atom is -0.497 e. The highest BCUT2D eigenvalue weighted by Gasteiger charge is 2.08. The lowest BCUT2D eigenvalue weighted by Gasteiger charge is -2.10. The van der Waals surface area contributed by atoms with Gasteiger partial charge in [-0.3, -0.25) is 0 Å². The van der Waals surface area contributed by atoms with Gasteiger partial charge in [0.1, 0.15) is 5.75 Å². The summed E-state index contributed by atoms with van der Waals surface area (Å²) >= 11 is 0. The molecule has 2 rings (SSSR count). The molecule has 0 aliphatic rings. The first-order valence-electron chi connectivity index (χ1n) is 8.71. The molecule has 0 aliphatic heterocycles. The van der Waals surface area contributed by atoms with Crippen molar-refractivity contribution in [3.8, 4) is 11.5 Å². The van der Waals surface area contributed by atoms with Gasteiger partial charge in [-0.1, -0.05) is 25.5 Å². The number of aliphatic hydroxyl groups excluding tert-OH is 1. The van der Waals surface area contributed by atoms with E-state index in [1.807, 2.05) is 31.2 Å². The summed E-state index contributed by atoms with van der Waals surface area (Å²) in [4.78, 5) is 12.5. The molecule has 0 spiro atoms. The van der Waals surface area contributed by atoms with Crippen LogP contribution in [0.25, 0.3) is 0 Å². The molecule has 0 bridgehead atoms. The Morgan fingerprint density at radius 2 is 2.04 bits per heavy atom. The molecule has 0 amide bonds. The second kappa shape index (κ2) is 10.4. The summed E-state index contributed by atoms with van der Waals surface area (Å²) in [6, 6.07) is 7.97. The van der Waals surface area contributed by atoms with E-state index in [1.54, 1.807) is 7.11 Å². The van der Waals surface area contributed by atoms with Crippen LogP contribution in [0.3, 0.4) is 0 Å². The molecule has 26 heavy (non-hydrogen) atoms. The van der Waals surface area contributed by atoms with Gasteiger partial charge in [-0.25, -0.2) is 9.98 Å². The Morgan fingerprint density at radius 3 is 2.69 bits per heavy atom. The van der Waals surface area contributed by atoms with Crippen LogP contribution in [-0.4, -0.2) is 41.1 Å². The molecular formula is C19H26N4O3. The molecule has 140 valence electrons. The third kappa shape index (κ3) is 6.00. The van der Waals surface area contributed by atoms with Crippen LogP contribution in [0, 0.1) is 0 Å². The van der Waals surface area contributed by atoms with Gasteiger partial charge in [0.15, 0.2) is 11.6 Å². The predicted molar refractivity (Wildman–Crippen MR) is 102 cm³/mol. The average molecular weight is 358 g/mol. The van der Waals surface area contributed by atoms with Crippen LogP contribution >= 0.6 is 0 Å². The number of nitrogen functional groups attached to an aromatic ring is 1. The van der Waals surface area contributed by atoms with Gasteiger partial charge in [0.05, 0.1) is 26.5 Å². The van der Waals surface area contributed by atoms with Gasteiger partial charge >= 0.3 is 0 Å². The van der Waals surface area contributed by atoms with Crippen molar-refractivity contribution in [1.82, 2.24) is 9.97 Å². The Hall–Kier alpha value is -2.67. The Bertz CT molecular complexity index is 717. The Balaban J connectivity index is 1.95. The van der Waals surface area contributed by atoms with Crippen molar-refractivity contribution in [2.45, 2.75) is 32.6 Å². The molecule has 1 aromatic carbocycles. The molecule has 1 aromatic heterocycles. The first-order valence-corrected chi connectivity index (χ1v) is 8.71. The Kier molecular flexibility index (Phi) is 7.82. The minimum absolute atomic E-state index is 0.116. The number of aromatic nitrogens is 2. The van der Waals surface area contributed by atoms with Crippen LogP contribution in [-0.2, 0) is 6.42 Å². The molecule has 0 saturated carbocycles. The second-order valence-corrected chi connectivity index (χ2v) is 5.80. The van der Waals surface area contributed by atoms with Gasteiger partial charge in [0, 0.05) is 5.71 Å². The van der Waals surface area contributed by atoms with Crippen molar-refractivity contribution in [3.05, 3.63) is 36.0 Å². The average Bonchev–Trinajstić information content (AvgIpc) is 2.66. The number of nitrogens with zero attached hydrogens (tertiary/aromatic N) is 3. The number of aryl methyl sites for hydroxylation is 1. The highest BCUT2D eigenvalue weighted by atomic mass is 16.5. The number of aliphatic imine (C=N–C) groups is 1. The number of ether oxygens (including phenoxy) is 2. The van der Waals surface area contributed by atoms with E-state index >= 15 is 0 Å². The molecular weight excluding hydrogens is 332 g/mol. The quantitative estimate of drug-likeness (QED) is 0.500. The first kappa shape index (κ1) is 19.7. The Labute approximate surface area is 153 Å². The fraction of sp³-hybridized carbons (Fsp3) is 0.421. The maximum Gasteiger partial charge on any atom is 0.222 e. The van der Waals surface area contributed by atoms with Crippen molar-refractivity contribution >= 4 is 17.5 Å². The normalized spacial score (nSPS) is 11.4. The lowest BCUT2D eigenvalue weighted by Crippen LogP contribution is -2.06. The number of methoxy groups -OCH3 is 1. The molecule has 0 saturated heterocycles. The van der Waals surface area contributed by atoms with Gasteiger partial charge in [-0.05, 0) is 37.0 Å². The molecule has 0 radical (unpaired) electrons. The fourth-order valence-corrected chi connectivity index (χ4v) is 2.42. The lowest BCUT2D eigenvalue weighted by atomic mass is 10.1. The van der Waals surface area contributed by atoms with E-state index in [0.29, 0.717) is 30.3 Å². The molecule has 7 nitrogen and oxygen atoms in total. The Morgan fingerprint density at radius 1 is 1.27 bits per heavy atom. The van der Waals surface area contributed by atoms with Crippen LogP contribution in [0.1, 0.15) is 31.7 Å². The van der Waals surface area contributed by atoms with Gasteiger partial charge in [-0.2, -0.15) is 4.98 Å². The first-order chi connectivity index (χ1) is 12.7. The van der Waals surface area contributed by atoms with Gasteiger partial charge in [0.25, 0.3) is 0 Å². The van der Waals surface area contributed by atoms with E-state index in [1.165, 1.54) is 11.8 Å². The maximum atomic E-state index is 9.40. The van der Waals surface area contributed by atoms with Crippen molar-refractivity contribution in [1.29, 1.82) is 0 Å². The minimum atomic E-state index is -0.116. The number of nitrogens with two attached hydrogens (primary N) is 1. The number of hydrogen-bond donors (Lipinski definition) is 2. The number of hydrogen-bond acceptors (Lipinski definition) is 7. The molecule has 0 aliphatic carbocycles. The summed E-state index contributed by atoms with van der Waals surface area (Å²) in [5, 5.41) is 9.40. The van der Waals surface area contributed by atoms with E-state index in [0.717, 1.165) is 25.0 Å². The third-order valence-electron chi connectivity index (χ3n) is 3.77. The van der Waals surface area contributed by atoms with E-state index < -0.39 is 0 Å². The van der Waals surface area contributed by atoms with Crippen molar-refractivity contribution in [2.75, 3.05) is 26.1 Å². The van der Waals surface area contributed by atoms with Crippen molar-refractivity contribution in [2.24, 2.45) is 4.99 Å². The van der Waals surface area contributed by atoms with Crippen LogP contribution in [0.4, 0.5) is 11.8 Å². The zero-order valence-electron chi connectivity index (χ0n) is 15.3. The summed E-state index contributed by atoms with van der Waals surface area (Å²) in [6.07, 6.45) is 4.82. The molecule has 3 N–H and O–H groups in total. The van der Waals surface area contributed by atoms with Crippen LogP contribution in [0.5, 0.6) is 11.5 Å². The van der Waals surface area contributed by atoms with E-state index in [2.05, 4.69) is 15.0 Å². The second-order valence-electron chi connectivity index (χ2n) is 5.80. The highest BCUT2D eigenvalue weighted by molar-refractivity contribution is 5.88. The zero-order valence-corrected chi connectivity index (χ0v) is 15.3. The maximum absolute atomic E-state index is 9.40. The number of aliphatic hydroxyl groups is 1. The van der Waals surface area contributed by atoms with Crippen molar-refractivity contribution < 1.29 is 14.6 Å². The smallest absolute Gasteiger partial charge is 0.222 e. The molecule has 0 fully saturated rings. The number of benzene rings is 1. The molecule has 0 unspecified atom stereocenters. The third-order valence-corrected chi connectivity index (χ3v) is 3.77. The van der Waals surface area contributed by atoms with E-state index in [4.69, 9.17) is 15.2 Å². The molecule has 0 atom stereocenters. The predicted octanol–water partition coefficient (Wildman–Crippen LogP) is 2.94. The topological polar surface area (TPSA) is 103 Å². The standard InChI is InChI=1S/C19H26N4O3/c1-3-5-15(13-24)22-18-17(12-21-19(20)23-18)26-11-4-6-14-7-9-16(25-2)10-8-14/h7-10,12,24H,3-6,11,13H2,1-2H3,(H2,20,21,23). The van der Waals surface area contributed by atoms with Gasteiger partial charge < -0.3 is 20.3 Å². The summed E-state index contributed by atoms with van der Waals surface area (Å²) in [5.41, 5.74) is 7.51. The van der Waals surface area contributed by atoms with Gasteiger partial charge in [-0.15, -0.1) is 0 Å². The summed E-state index contributed by atoms with van der Waals surface area (Å²) < 4.78 is 10.9. The summed E-state index contributed by atoms with van der Waals surface area (Å²) in [6.45, 7) is 2.41. The largest absolute Gasteiger partial charge is 0.497 e. The van der Waals surface area contributed by atoms with Gasteiger partial charge in [0.2, 0.25) is 5.95 Å². The fourth-order valence-electron chi connectivity index (χ4n) is 2.42.